The number of thioether (sulfide) groups is 1. The van der Waals surface area contributed by atoms with Crippen LogP contribution in [0.2, 0.25) is 0 Å². The summed E-state index contributed by atoms with van der Waals surface area (Å²) in [7, 11) is 0. The van der Waals surface area contributed by atoms with Crippen molar-refractivity contribution in [2.45, 2.75) is 31.6 Å². The summed E-state index contributed by atoms with van der Waals surface area (Å²) in [5.41, 5.74) is 5.52. The van der Waals surface area contributed by atoms with Gasteiger partial charge in [0.2, 0.25) is 0 Å². The maximum atomic E-state index is 8.65. The quantitative estimate of drug-likeness (QED) is 0.526. The number of aliphatic hydroxyl groups excluding tert-OH is 1. The highest BCUT2D eigenvalue weighted by Crippen LogP contribution is 2.17. The minimum atomic E-state index is 0.219. The molecule has 1 heterocycles. The van der Waals surface area contributed by atoms with Crippen molar-refractivity contribution < 1.29 is 5.11 Å². The van der Waals surface area contributed by atoms with E-state index in [1.165, 1.54) is 0 Å². The molecule has 80 valence electrons. The van der Waals surface area contributed by atoms with Crippen molar-refractivity contribution in [3.63, 3.8) is 0 Å². The largest absolute Gasteiger partial charge is 0.396 e. The molecule has 0 fully saturated rings. The van der Waals surface area contributed by atoms with Crippen LogP contribution in [0.5, 0.6) is 0 Å². The molecule has 1 rings (SSSR count). The van der Waals surface area contributed by atoms with E-state index in [-0.39, 0.29) is 6.61 Å². The lowest BCUT2D eigenvalue weighted by Crippen LogP contribution is -2.08. The molecule has 0 spiro atoms. The van der Waals surface area contributed by atoms with Gasteiger partial charge >= 0.3 is 0 Å². The third kappa shape index (κ3) is 2.70. The number of nitrogens with two attached hydrogens (primary N) is 1. The van der Waals surface area contributed by atoms with Gasteiger partial charge in [0.15, 0.2) is 5.16 Å². The molecule has 0 unspecified atom stereocenters. The summed E-state index contributed by atoms with van der Waals surface area (Å²) >= 11 is 1.61. The maximum Gasteiger partial charge on any atom is 0.191 e. The van der Waals surface area contributed by atoms with E-state index in [2.05, 4.69) is 10.2 Å². The van der Waals surface area contributed by atoms with E-state index < -0.39 is 0 Å². The molecule has 14 heavy (non-hydrogen) atoms. The van der Waals surface area contributed by atoms with Crippen molar-refractivity contribution in [1.29, 1.82) is 0 Å². The standard InChI is InChI=1S/C8H16N4OS/c1-2-12-7(6-9)10-11-8(12)14-5-3-4-13/h13H,2-6,9H2,1H3. The van der Waals surface area contributed by atoms with Gasteiger partial charge in [0, 0.05) is 18.9 Å². The first-order valence-corrected chi connectivity index (χ1v) is 5.67. The Morgan fingerprint density at radius 1 is 1.50 bits per heavy atom. The van der Waals surface area contributed by atoms with E-state index in [0.717, 1.165) is 29.7 Å². The Hall–Kier alpha value is -0.590. The lowest BCUT2D eigenvalue weighted by molar-refractivity contribution is 0.296. The van der Waals surface area contributed by atoms with Crippen molar-refractivity contribution in [3.8, 4) is 0 Å². The van der Waals surface area contributed by atoms with Crippen molar-refractivity contribution in [3.05, 3.63) is 5.82 Å². The van der Waals surface area contributed by atoms with Crippen LogP contribution in [0.3, 0.4) is 0 Å². The lowest BCUT2D eigenvalue weighted by atomic mass is 10.5. The fourth-order valence-corrected chi connectivity index (χ4v) is 2.07. The van der Waals surface area contributed by atoms with Gasteiger partial charge in [-0.05, 0) is 13.3 Å². The van der Waals surface area contributed by atoms with E-state index in [9.17, 15) is 0 Å². The third-order valence-corrected chi connectivity index (χ3v) is 2.88. The average Bonchev–Trinajstić information content (AvgIpc) is 2.60. The van der Waals surface area contributed by atoms with Crippen molar-refractivity contribution in [1.82, 2.24) is 14.8 Å². The van der Waals surface area contributed by atoms with Gasteiger partial charge in [-0.25, -0.2) is 0 Å². The molecule has 0 aromatic carbocycles. The minimum absolute atomic E-state index is 0.219. The Balaban J connectivity index is 2.61. The zero-order chi connectivity index (χ0) is 10.4. The second-order valence-electron chi connectivity index (χ2n) is 2.77. The zero-order valence-electron chi connectivity index (χ0n) is 8.31. The van der Waals surface area contributed by atoms with Crippen LogP contribution in [0, 0.1) is 0 Å². The molecule has 5 nitrogen and oxygen atoms in total. The molecule has 0 bridgehead atoms. The van der Waals surface area contributed by atoms with Gasteiger partial charge in [-0.3, -0.25) is 0 Å². The van der Waals surface area contributed by atoms with Gasteiger partial charge in [0.25, 0.3) is 0 Å². The predicted molar refractivity (Wildman–Crippen MR) is 56.0 cm³/mol. The fraction of sp³-hybridized carbons (Fsp3) is 0.750. The van der Waals surface area contributed by atoms with Crippen LogP contribution in [0.4, 0.5) is 0 Å². The van der Waals surface area contributed by atoms with E-state index >= 15 is 0 Å². The summed E-state index contributed by atoms with van der Waals surface area (Å²) in [6.07, 6.45) is 0.777. The highest BCUT2D eigenvalue weighted by Gasteiger charge is 2.08. The third-order valence-electron chi connectivity index (χ3n) is 1.83. The van der Waals surface area contributed by atoms with Crippen LogP contribution in [-0.4, -0.2) is 32.2 Å². The van der Waals surface area contributed by atoms with Gasteiger partial charge < -0.3 is 15.4 Å². The fourth-order valence-electron chi connectivity index (χ4n) is 1.12. The molecule has 3 N–H and O–H groups in total. The molecule has 0 atom stereocenters. The van der Waals surface area contributed by atoms with Gasteiger partial charge in [-0.15, -0.1) is 10.2 Å². The summed E-state index contributed by atoms with van der Waals surface area (Å²) in [4.78, 5) is 0. The topological polar surface area (TPSA) is 77.0 Å². The Kier molecular flexibility index (Phi) is 4.92. The maximum absolute atomic E-state index is 8.65. The van der Waals surface area contributed by atoms with Crippen molar-refractivity contribution in [2.24, 2.45) is 5.73 Å². The first-order chi connectivity index (χ1) is 6.83. The van der Waals surface area contributed by atoms with Gasteiger partial charge in [0.05, 0.1) is 6.54 Å². The Bertz CT molecular complexity index is 276. The first-order valence-electron chi connectivity index (χ1n) is 4.69. The molecular weight excluding hydrogens is 200 g/mol. The molecule has 1 aromatic rings. The number of hydrogen-bond acceptors (Lipinski definition) is 5. The molecule has 0 saturated carbocycles. The van der Waals surface area contributed by atoms with Crippen LogP contribution in [-0.2, 0) is 13.1 Å². The SMILES string of the molecule is CCn1c(CN)nnc1SCCCO. The number of aromatic nitrogens is 3. The molecule has 6 heteroatoms. The molecule has 0 saturated heterocycles. The lowest BCUT2D eigenvalue weighted by Gasteiger charge is -2.04. The summed E-state index contributed by atoms with van der Waals surface area (Å²) in [5.74, 6) is 1.68. The minimum Gasteiger partial charge on any atom is -0.396 e. The monoisotopic (exact) mass is 216 g/mol. The summed E-state index contributed by atoms with van der Waals surface area (Å²) in [5, 5.41) is 17.6. The Labute approximate surface area is 87.7 Å². The number of aliphatic hydroxyl groups is 1. The highest BCUT2D eigenvalue weighted by molar-refractivity contribution is 7.99. The first kappa shape index (κ1) is 11.5. The molecule has 0 amide bonds. The smallest absolute Gasteiger partial charge is 0.191 e. The summed E-state index contributed by atoms with van der Waals surface area (Å²) in [6, 6.07) is 0. The molecular formula is C8H16N4OS. The summed E-state index contributed by atoms with van der Waals surface area (Å²) < 4.78 is 2.00. The van der Waals surface area contributed by atoms with Crippen LogP contribution < -0.4 is 5.73 Å². The number of hydrogen-bond donors (Lipinski definition) is 2. The zero-order valence-corrected chi connectivity index (χ0v) is 9.13. The van der Waals surface area contributed by atoms with E-state index in [4.69, 9.17) is 10.8 Å². The van der Waals surface area contributed by atoms with Crippen molar-refractivity contribution in [2.75, 3.05) is 12.4 Å². The molecule has 0 aliphatic carbocycles. The second kappa shape index (κ2) is 6.00. The van der Waals surface area contributed by atoms with Crippen LogP contribution in [0.25, 0.3) is 0 Å². The van der Waals surface area contributed by atoms with Crippen LogP contribution in [0.15, 0.2) is 5.16 Å². The molecule has 1 aromatic heterocycles. The Morgan fingerprint density at radius 3 is 2.86 bits per heavy atom. The van der Waals surface area contributed by atoms with Crippen LogP contribution >= 0.6 is 11.8 Å². The highest BCUT2D eigenvalue weighted by atomic mass is 32.2. The predicted octanol–water partition coefficient (Wildman–Crippen LogP) is 0.231. The second-order valence-corrected chi connectivity index (χ2v) is 3.83. The van der Waals surface area contributed by atoms with Crippen molar-refractivity contribution >= 4 is 11.8 Å². The normalized spacial score (nSPS) is 10.8. The molecule has 0 aliphatic heterocycles. The van der Waals surface area contributed by atoms with E-state index in [0.29, 0.717) is 6.54 Å². The van der Waals surface area contributed by atoms with Gasteiger partial charge in [0.1, 0.15) is 5.82 Å². The molecule has 0 radical (unpaired) electrons. The Morgan fingerprint density at radius 2 is 2.29 bits per heavy atom. The summed E-state index contributed by atoms with van der Waals surface area (Å²) in [6.45, 7) is 3.51. The molecule has 0 aliphatic rings. The van der Waals surface area contributed by atoms with Crippen LogP contribution in [0.1, 0.15) is 19.2 Å². The van der Waals surface area contributed by atoms with Gasteiger partial charge in [-0.1, -0.05) is 11.8 Å². The van der Waals surface area contributed by atoms with Gasteiger partial charge in [-0.2, -0.15) is 0 Å². The van der Waals surface area contributed by atoms with E-state index in [1.54, 1.807) is 11.8 Å². The average molecular weight is 216 g/mol. The van der Waals surface area contributed by atoms with E-state index in [1.807, 2.05) is 11.5 Å². The number of nitrogens with zero attached hydrogens (tertiary/aromatic N) is 3. The number of rotatable bonds is 6.